The van der Waals surface area contributed by atoms with Crippen LogP contribution in [0.25, 0.3) is 0 Å². The number of morpholine rings is 1. The van der Waals surface area contributed by atoms with Gasteiger partial charge in [-0.1, -0.05) is 0 Å². The first kappa shape index (κ1) is 9.30. The van der Waals surface area contributed by atoms with E-state index in [2.05, 4.69) is 20.1 Å². The van der Waals surface area contributed by atoms with Crippen LogP contribution in [0.3, 0.4) is 0 Å². The van der Waals surface area contributed by atoms with E-state index in [-0.39, 0.29) is 6.10 Å². The Labute approximate surface area is 88.8 Å². The van der Waals surface area contributed by atoms with Crippen molar-refractivity contribution >= 4 is 0 Å². The third-order valence-corrected chi connectivity index (χ3v) is 3.10. The lowest BCUT2D eigenvalue weighted by atomic mass is 10.1. The smallest absolute Gasteiger partial charge is 0.163 e. The molecule has 0 aliphatic carbocycles. The van der Waals surface area contributed by atoms with E-state index in [0.29, 0.717) is 0 Å². The van der Waals surface area contributed by atoms with E-state index in [0.717, 1.165) is 44.3 Å². The Morgan fingerprint density at radius 3 is 3.20 bits per heavy atom. The lowest BCUT2D eigenvalue weighted by Gasteiger charge is -2.24. The van der Waals surface area contributed by atoms with Crippen LogP contribution in [0.5, 0.6) is 0 Å². The van der Waals surface area contributed by atoms with Crippen molar-refractivity contribution in [2.24, 2.45) is 0 Å². The summed E-state index contributed by atoms with van der Waals surface area (Å²) in [6.45, 7) is 3.63. The number of nitrogens with zero attached hydrogens (tertiary/aromatic N) is 3. The van der Waals surface area contributed by atoms with E-state index in [1.165, 1.54) is 12.8 Å². The van der Waals surface area contributed by atoms with Gasteiger partial charge in [0.1, 0.15) is 11.9 Å². The zero-order valence-electron chi connectivity index (χ0n) is 8.78. The highest BCUT2D eigenvalue weighted by atomic mass is 16.5. The molecule has 0 aromatic carbocycles. The second kappa shape index (κ2) is 3.90. The average Bonchev–Trinajstić information content (AvgIpc) is 2.74. The maximum Gasteiger partial charge on any atom is 0.163 e. The fourth-order valence-corrected chi connectivity index (χ4v) is 2.30. The summed E-state index contributed by atoms with van der Waals surface area (Å²) in [5.41, 5.74) is 0. The summed E-state index contributed by atoms with van der Waals surface area (Å²) in [5.74, 6) is 2.14. The molecule has 15 heavy (non-hydrogen) atoms. The SMILES string of the molecule is C1CCn2c(nnc2C2CNCCO2)C1. The lowest BCUT2D eigenvalue weighted by Crippen LogP contribution is -2.35. The highest BCUT2D eigenvalue weighted by molar-refractivity contribution is 5.03. The molecule has 5 heteroatoms. The quantitative estimate of drug-likeness (QED) is 0.720. The standard InChI is InChI=1S/C10H16N4O/c1-2-5-14-9(3-1)12-13-10(14)8-7-11-4-6-15-8/h8,11H,1-7H2. The number of hydrogen-bond donors (Lipinski definition) is 1. The van der Waals surface area contributed by atoms with Crippen molar-refractivity contribution in [2.45, 2.75) is 31.9 Å². The summed E-state index contributed by atoms with van der Waals surface area (Å²) in [6, 6.07) is 0. The number of aryl methyl sites for hydroxylation is 1. The van der Waals surface area contributed by atoms with Crippen LogP contribution in [-0.2, 0) is 17.7 Å². The summed E-state index contributed by atoms with van der Waals surface area (Å²) in [6.07, 6.45) is 3.63. The number of rotatable bonds is 1. The van der Waals surface area contributed by atoms with Gasteiger partial charge in [-0.25, -0.2) is 0 Å². The van der Waals surface area contributed by atoms with Crippen LogP contribution < -0.4 is 5.32 Å². The lowest BCUT2D eigenvalue weighted by molar-refractivity contribution is 0.0194. The van der Waals surface area contributed by atoms with Gasteiger partial charge in [0.05, 0.1) is 6.61 Å². The van der Waals surface area contributed by atoms with Crippen molar-refractivity contribution in [3.8, 4) is 0 Å². The van der Waals surface area contributed by atoms with Crippen molar-refractivity contribution in [3.63, 3.8) is 0 Å². The molecule has 2 aliphatic rings. The summed E-state index contributed by atoms with van der Waals surface area (Å²) in [5, 5.41) is 11.8. The maximum absolute atomic E-state index is 5.70. The molecule has 1 N–H and O–H groups in total. The van der Waals surface area contributed by atoms with Gasteiger partial charge in [-0.15, -0.1) is 10.2 Å². The van der Waals surface area contributed by atoms with E-state index in [1.807, 2.05) is 0 Å². The Bertz CT molecular complexity index is 343. The fourth-order valence-electron chi connectivity index (χ4n) is 2.30. The summed E-state index contributed by atoms with van der Waals surface area (Å²) in [7, 11) is 0. The number of fused-ring (bicyclic) bond motifs is 1. The van der Waals surface area contributed by atoms with Crippen molar-refractivity contribution in [3.05, 3.63) is 11.6 Å². The van der Waals surface area contributed by atoms with E-state index in [9.17, 15) is 0 Å². The summed E-state index contributed by atoms with van der Waals surface area (Å²) in [4.78, 5) is 0. The molecule has 82 valence electrons. The molecule has 1 aromatic heterocycles. The zero-order chi connectivity index (χ0) is 10.1. The Hall–Kier alpha value is -0.940. The first-order valence-corrected chi connectivity index (χ1v) is 5.69. The van der Waals surface area contributed by atoms with Gasteiger partial charge in [-0.3, -0.25) is 0 Å². The Kier molecular flexibility index (Phi) is 2.42. The van der Waals surface area contributed by atoms with Gasteiger partial charge in [0.2, 0.25) is 0 Å². The molecule has 3 rings (SSSR count). The Balaban J connectivity index is 1.87. The molecule has 1 aromatic rings. The molecule has 0 amide bonds. The van der Waals surface area contributed by atoms with Crippen LogP contribution in [0.4, 0.5) is 0 Å². The van der Waals surface area contributed by atoms with Gasteiger partial charge in [-0.2, -0.15) is 0 Å². The van der Waals surface area contributed by atoms with Crippen molar-refractivity contribution < 1.29 is 4.74 Å². The molecule has 5 nitrogen and oxygen atoms in total. The molecule has 2 aliphatic heterocycles. The molecular weight excluding hydrogens is 192 g/mol. The van der Waals surface area contributed by atoms with Crippen molar-refractivity contribution in [2.75, 3.05) is 19.7 Å². The number of ether oxygens (including phenoxy) is 1. The third kappa shape index (κ3) is 1.66. The predicted octanol–water partition coefficient (Wildman–Crippen LogP) is 0.275. The van der Waals surface area contributed by atoms with Gasteiger partial charge in [0, 0.05) is 26.1 Å². The molecule has 0 spiro atoms. The van der Waals surface area contributed by atoms with Crippen LogP contribution in [0, 0.1) is 0 Å². The molecule has 1 fully saturated rings. The highest BCUT2D eigenvalue weighted by Crippen LogP contribution is 2.21. The van der Waals surface area contributed by atoms with Crippen LogP contribution in [-0.4, -0.2) is 34.5 Å². The van der Waals surface area contributed by atoms with E-state index in [4.69, 9.17) is 4.74 Å². The molecule has 0 bridgehead atoms. The van der Waals surface area contributed by atoms with E-state index < -0.39 is 0 Å². The minimum Gasteiger partial charge on any atom is -0.368 e. The van der Waals surface area contributed by atoms with E-state index in [1.54, 1.807) is 0 Å². The van der Waals surface area contributed by atoms with Crippen molar-refractivity contribution in [1.29, 1.82) is 0 Å². The first-order chi connectivity index (χ1) is 7.45. The van der Waals surface area contributed by atoms with Gasteiger partial charge < -0.3 is 14.6 Å². The van der Waals surface area contributed by atoms with Gasteiger partial charge in [0.15, 0.2) is 5.82 Å². The molecule has 1 unspecified atom stereocenters. The van der Waals surface area contributed by atoms with Crippen LogP contribution in [0.15, 0.2) is 0 Å². The third-order valence-electron chi connectivity index (χ3n) is 3.10. The second-order valence-electron chi connectivity index (χ2n) is 4.15. The predicted molar refractivity (Wildman–Crippen MR) is 54.5 cm³/mol. The molecule has 1 atom stereocenters. The number of nitrogens with one attached hydrogen (secondary N) is 1. The summed E-state index contributed by atoms with van der Waals surface area (Å²) < 4.78 is 7.94. The van der Waals surface area contributed by atoms with Gasteiger partial charge in [-0.05, 0) is 12.8 Å². The van der Waals surface area contributed by atoms with Crippen molar-refractivity contribution in [1.82, 2.24) is 20.1 Å². The zero-order valence-corrected chi connectivity index (χ0v) is 8.78. The molecule has 1 saturated heterocycles. The Morgan fingerprint density at radius 2 is 2.33 bits per heavy atom. The highest BCUT2D eigenvalue weighted by Gasteiger charge is 2.24. The fraction of sp³-hybridized carbons (Fsp3) is 0.800. The minimum atomic E-state index is 0.0955. The molecular formula is C10H16N4O. The van der Waals surface area contributed by atoms with Gasteiger partial charge >= 0.3 is 0 Å². The minimum absolute atomic E-state index is 0.0955. The summed E-state index contributed by atoms with van der Waals surface area (Å²) >= 11 is 0. The molecule has 0 radical (unpaired) electrons. The topological polar surface area (TPSA) is 52.0 Å². The number of hydrogen-bond acceptors (Lipinski definition) is 4. The largest absolute Gasteiger partial charge is 0.368 e. The normalized spacial score (nSPS) is 26.3. The Morgan fingerprint density at radius 1 is 1.33 bits per heavy atom. The van der Waals surface area contributed by atoms with Crippen LogP contribution >= 0.6 is 0 Å². The van der Waals surface area contributed by atoms with Crippen LogP contribution in [0.2, 0.25) is 0 Å². The molecule has 3 heterocycles. The molecule has 0 saturated carbocycles. The number of aromatic nitrogens is 3. The van der Waals surface area contributed by atoms with Gasteiger partial charge in [0.25, 0.3) is 0 Å². The first-order valence-electron chi connectivity index (χ1n) is 5.69. The average molecular weight is 208 g/mol. The second-order valence-corrected chi connectivity index (χ2v) is 4.15. The van der Waals surface area contributed by atoms with E-state index >= 15 is 0 Å². The maximum atomic E-state index is 5.70. The monoisotopic (exact) mass is 208 g/mol. The van der Waals surface area contributed by atoms with Crippen LogP contribution in [0.1, 0.15) is 30.6 Å².